The standard InChI is InChI=1S/C14H25NO2S/c1-5-7-12(6-2)8-9-14(15,10-11-18-4)13(16)17-3/h5-7H,8-11,15H2,1-4H3/b7-5-,12-6+. The maximum absolute atomic E-state index is 11.8. The van der Waals surface area contributed by atoms with Gasteiger partial charge in [0, 0.05) is 0 Å². The van der Waals surface area contributed by atoms with Gasteiger partial charge in [0.25, 0.3) is 0 Å². The fourth-order valence-electron chi connectivity index (χ4n) is 1.72. The summed E-state index contributed by atoms with van der Waals surface area (Å²) >= 11 is 1.69. The van der Waals surface area contributed by atoms with Gasteiger partial charge in [0.15, 0.2) is 0 Å². The molecule has 0 aliphatic rings. The molecule has 1 atom stereocenters. The number of hydrogen-bond acceptors (Lipinski definition) is 4. The molecule has 0 fully saturated rings. The van der Waals surface area contributed by atoms with Crippen LogP contribution in [-0.2, 0) is 9.53 Å². The van der Waals surface area contributed by atoms with Gasteiger partial charge in [-0.1, -0.05) is 23.8 Å². The van der Waals surface area contributed by atoms with E-state index in [9.17, 15) is 4.79 Å². The largest absolute Gasteiger partial charge is 0.468 e. The monoisotopic (exact) mass is 271 g/mol. The van der Waals surface area contributed by atoms with Crippen LogP contribution in [0.1, 0.15) is 33.1 Å². The zero-order chi connectivity index (χ0) is 14.0. The summed E-state index contributed by atoms with van der Waals surface area (Å²) in [6.07, 6.45) is 10.2. The van der Waals surface area contributed by atoms with Crippen molar-refractivity contribution in [2.45, 2.75) is 38.6 Å². The number of allylic oxidation sites excluding steroid dienone is 4. The van der Waals surface area contributed by atoms with Gasteiger partial charge in [0.05, 0.1) is 7.11 Å². The highest BCUT2D eigenvalue weighted by molar-refractivity contribution is 7.98. The molecule has 0 spiro atoms. The van der Waals surface area contributed by atoms with Crippen LogP contribution in [0.4, 0.5) is 0 Å². The Hall–Kier alpha value is -0.740. The highest BCUT2D eigenvalue weighted by Gasteiger charge is 2.34. The number of ether oxygens (including phenoxy) is 1. The molecule has 0 aliphatic carbocycles. The lowest BCUT2D eigenvalue weighted by atomic mass is 9.89. The van der Waals surface area contributed by atoms with Crippen LogP contribution >= 0.6 is 11.8 Å². The van der Waals surface area contributed by atoms with E-state index >= 15 is 0 Å². The second-order valence-corrected chi connectivity index (χ2v) is 5.24. The average molecular weight is 271 g/mol. The van der Waals surface area contributed by atoms with E-state index in [1.165, 1.54) is 12.7 Å². The Bertz CT molecular complexity index is 313. The van der Waals surface area contributed by atoms with Crippen LogP contribution in [0.2, 0.25) is 0 Å². The van der Waals surface area contributed by atoms with Crippen LogP contribution in [0.15, 0.2) is 23.8 Å². The van der Waals surface area contributed by atoms with Gasteiger partial charge < -0.3 is 10.5 Å². The van der Waals surface area contributed by atoms with E-state index in [-0.39, 0.29) is 5.97 Å². The Morgan fingerprint density at radius 2 is 2.06 bits per heavy atom. The molecule has 104 valence electrons. The minimum atomic E-state index is -0.867. The van der Waals surface area contributed by atoms with Gasteiger partial charge in [-0.3, -0.25) is 4.79 Å². The van der Waals surface area contributed by atoms with Crippen molar-refractivity contribution in [3.05, 3.63) is 23.8 Å². The second kappa shape index (κ2) is 9.22. The summed E-state index contributed by atoms with van der Waals surface area (Å²) in [6.45, 7) is 3.97. The van der Waals surface area contributed by atoms with E-state index in [1.807, 2.05) is 38.3 Å². The van der Waals surface area contributed by atoms with Crippen molar-refractivity contribution in [2.75, 3.05) is 19.1 Å². The normalized spacial score (nSPS) is 15.7. The first-order valence-electron chi connectivity index (χ1n) is 6.18. The molecule has 0 aromatic carbocycles. The molecular formula is C14H25NO2S. The number of carbonyl (C=O) groups is 1. The summed E-state index contributed by atoms with van der Waals surface area (Å²) in [4.78, 5) is 11.8. The molecule has 0 radical (unpaired) electrons. The van der Waals surface area contributed by atoms with Crippen LogP contribution < -0.4 is 5.73 Å². The Kier molecular flexibility index (Phi) is 8.85. The molecule has 4 heteroatoms. The van der Waals surface area contributed by atoms with Crippen molar-refractivity contribution in [3.63, 3.8) is 0 Å². The molecule has 0 rings (SSSR count). The van der Waals surface area contributed by atoms with Crippen LogP contribution in [0.5, 0.6) is 0 Å². The number of methoxy groups -OCH3 is 1. The van der Waals surface area contributed by atoms with Gasteiger partial charge >= 0.3 is 5.97 Å². The third-order valence-electron chi connectivity index (χ3n) is 2.96. The minimum absolute atomic E-state index is 0.313. The number of rotatable bonds is 8. The lowest BCUT2D eigenvalue weighted by Crippen LogP contribution is -2.49. The molecule has 0 saturated carbocycles. The molecule has 0 heterocycles. The van der Waals surface area contributed by atoms with Gasteiger partial charge in [0.1, 0.15) is 5.54 Å². The van der Waals surface area contributed by atoms with Crippen LogP contribution in [-0.4, -0.2) is 30.6 Å². The lowest BCUT2D eigenvalue weighted by Gasteiger charge is -2.26. The van der Waals surface area contributed by atoms with E-state index in [0.717, 1.165) is 12.2 Å². The Morgan fingerprint density at radius 3 is 2.50 bits per heavy atom. The van der Waals surface area contributed by atoms with E-state index in [2.05, 4.69) is 0 Å². The molecule has 18 heavy (non-hydrogen) atoms. The quantitative estimate of drug-likeness (QED) is 0.545. The summed E-state index contributed by atoms with van der Waals surface area (Å²) < 4.78 is 4.83. The first-order chi connectivity index (χ1) is 8.53. The van der Waals surface area contributed by atoms with Crippen molar-refractivity contribution in [1.29, 1.82) is 0 Å². The highest BCUT2D eigenvalue weighted by Crippen LogP contribution is 2.22. The summed E-state index contributed by atoms with van der Waals surface area (Å²) in [5, 5.41) is 0. The van der Waals surface area contributed by atoms with Crippen molar-refractivity contribution in [2.24, 2.45) is 5.73 Å². The Balaban J connectivity index is 4.64. The van der Waals surface area contributed by atoms with Gasteiger partial charge in [-0.05, 0) is 45.1 Å². The molecular weight excluding hydrogens is 246 g/mol. The fourth-order valence-corrected chi connectivity index (χ4v) is 2.29. The zero-order valence-electron chi connectivity index (χ0n) is 11.9. The topological polar surface area (TPSA) is 52.3 Å². The van der Waals surface area contributed by atoms with Crippen LogP contribution in [0.3, 0.4) is 0 Å². The number of nitrogens with two attached hydrogens (primary N) is 1. The lowest BCUT2D eigenvalue weighted by molar-refractivity contribution is -0.147. The summed E-state index contributed by atoms with van der Waals surface area (Å²) in [6, 6.07) is 0. The predicted molar refractivity (Wildman–Crippen MR) is 79.7 cm³/mol. The van der Waals surface area contributed by atoms with Crippen LogP contribution in [0, 0.1) is 0 Å². The highest BCUT2D eigenvalue weighted by atomic mass is 32.2. The second-order valence-electron chi connectivity index (χ2n) is 4.25. The third kappa shape index (κ3) is 5.74. The number of esters is 1. The predicted octanol–water partition coefficient (Wildman–Crippen LogP) is 2.91. The summed E-state index contributed by atoms with van der Waals surface area (Å²) in [7, 11) is 1.39. The van der Waals surface area contributed by atoms with Crippen molar-refractivity contribution >= 4 is 17.7 Å². The number of carbonyl (C=O) groups excluding carboxylic acids is 1. The van der Waals surface area contributed by atoms with Crippen molar-refractivity contribution < 1.29 is 9.53 Å². The Labute approximate surface area is 115 Å². The van der Waals surface area contributed by atoms with Gasteiger partial charge in [0.2, 0.25) is 0 Å². The molecule has 1 unspecified atom stereocenters. The molecule has 0 aliphatic heterocycles. The smallest absolute Gasteiger partial charge is 0.325 e. The molecule has 0 amide bonds. The van der Waals surface area contributed by atoms with Gasteiger partial charge in [-0.15, -0.1) is 0 Å². The molecule has 0 saturated heterocycles. The molecule has 0 bridgehead atoms. The first-order valence-corrected chi connectivity index (χ1v) is 7.57. The van der Waals surface area contributed by atoms with Crippen LogP contribution in [0.25, 0.3) is 0 Å². The van der Waals surface area contributed by atoms with E-state index in [0.29, 0.717) is 12.8 Å². The maximum Gasteiger partial charge on any atom is 0.325 e. The molecule has 3 nitrogen and oxygen atoms in total. The minimum Gasteiger partial charge on any atom is -0.468 e. The SMILES string of the molecule is C/C=C\C(=C/C)CCC(N)(CCSC)C(=O)OC. The van der Waals surface area contributed by atoms with Gasteiger partial charge in [-0.25, -0.2) is 0 Å². The van der Waals surface area contributed by atoms with Crippen molar-refractivity contribution in [3.8, 4) is 0 Å². The summed E-state index contributed by atoms with van der Waals surface area (Å²) in [5.74, 6) is 0.549. The zero-order valence-corrected chi connectivity index (χ0v) is 12.7. The third-order valence-corrected chi connectivity index (χ3v) is 3.57. The molecule has 0 aromatic heterocycles. The van der Waals surface area contributed by atoms with Gasteiger partial charge in [-0.2, -0.15) is 11.8 Å². The first kappa shape index (κ1) is 17.3. The van der Waals surface area contributed by atoms with Crippen molar-refractivity contribution in [1.82, 2.24) is 0 Å². The van der Waals surface area contributed by atoms with E-state index < -0.39 is 5.54 Å². The number of thioether (sulfide) groups is 1. The molecule has 2 N–H and O–H groups in total. The summed E-state index contributed by atoms with van der Waals surface area (Å²) in [5.41, 5.74) is 6.53. The molecule has 0 aromatic rings. The number of hydrogen-bond donors (Lipinski definition) is 1. The fraction of sp³-hybridized carbons (Fsp3) is 0.643. The van der Waals surface area contributed by atoms with E-state index in [1.54, 1.807) is 11.8 Å². The Morgan fingerprint density at radius 1 is 1.39 bits per heavy atom. The average Bonchev–Trinajstić information content (AvgIpc) is 2.40. The van der Waals surface area contributed by atoms with E-state index in [4.69, 9.17) is 10.5 Å². The maximum atomic E-state index is 11.8.